The minimum atomic E-state index is -0.579. The van der Waals surface area contributed by atoms with Crippen LogP contribution in [-0.2, 0) is 0 Å². The van der Waals surface area contributed by atoms with E-state index in [1.54, 1.807) is 30.3 Å². The molecule has 2 aromatic heterocycles. The Morgan fingerprint density at radius 1 is 1.12 bits per heavy atom. The Balaban J connectivity index is 2.20. The van der Waals surface area contributed by atoms with Crippen LogP contribution < -0.4 is 5.56 Å². The smallest absolute Gasteiger partial charge is 0.290 e. The van der Waals surface area contributed by atoms with E-state index in [1.807, 2.05) is 31.2 Å². The fraction of sp³-hybridized carbons (Fsp3) is 0.0526. The number of rotatable bonds is 3. The van der Waals surface area contributed by atoms with Crippen molar-refractivity contribution in [1.29, 1.82) is 10.5 Å². The van der Waals surface area contributed by atoms with Gasteiger partial charge in [0.2, 0.25) is 0 Å². The van der Waals surface area contributed by atoms with Gasteiger partial charge >= 0.3 is 0 Å². The second kappa shape index (κ2) is 6.69. The van der Waals surface area contributed by atoms with Crippen LogP contribution in [0.2, 0.25) is 0 Å². The summed E-state index contributed by atoms with van der Waals surface area (Å²) in [6, 6.07) is 14.3. The zero-order valence-corrected chi connectivity index (χ0v) is 13.3. The highest BCUT2D eigenvalue weighted by Crippen LogP contribution is 2.15. The van der Waals surface area contributed by atoms with Gasteiger partial charge in [0, 0.05) is 5.56 Å². The van der Waals surface area contributed by atoms with Crippen molar-refractivity contribution in [3.05, 3.63) is 81.2 Å². The fourth-order valence-corrected chi connectivity index (χ4v) is 2.30. The van der Waals surface area contributed by atoms with Crippen LogP contribution in [0.15, 0.2) is 51.9 Å². The van der Waals surface area contributed by atoms with Crippen molar-refractivity contribution in [3.63, 3.8) is 0 Å². The van der Waals surface area contributed by atoms with Crippen molar-refractivity contribution < 1.29 is 4.42 Å². The number of hydrogen-bond acceptors (Lipinski definition) is 5. The summed E-state index contributed by atoms with van der Waals surface area (Å²) in [5.74, 6) is 0.537. The molecule has 3 rings (SSSR count). The maximum absolute atomic E-state index is 12.6. The van der Waals surface area contributed by atoms with E-state index in [0.29, 0.717) is 11.4 Å². The lowest BCUT2D eigenvalue weighted by Gasteiger charge is -2.08. The summed E-state index contributed by atoms with van der Waals surface area (Å²) in [5.41, 5.74) is 0.953. The van der Waals surface area contributed by atoms with Crippen molar-refractivity contribution in [3.8, 4) is 17.8 Å². The van der Waals surface area contributed by atoms with E-state index in [9.17, 15) is 15.3 Å². The van der Waals surface area contributed by atoms with Crippen molar-refractivity contribution in [2.24, 2.45) is 0 Å². The van der Waals surface area contributed by atoms with Gasteiger partial charge < -0.3 is 4.42 Å². The molecule has 0 atom stereocenters. The largest absolute Gasteiger partial charge is 0.465 e. The average molecular weight is 328 g/mol. The lowest BCUT2D eigenvalue weighted by molar-refractivity contribution is 0.557. The average Bonchev–Trinajstić information content (AvgIpc) is 3.14. The second-order valence-corrected chi connectivity index (χ2v) is 5.26. The third kappa shape index (κ3) is 3.10. The summed E-state index contributed by atoms with van der Waals surface area (Å²) in [7, 11) is 0. The van der Waals surface area contributed by atoms with Gasteiger partial charge in [0.05, 0.1) is 12.0 Å². The van der Waals surface area contributed by atoms with Crippen molar-refractivity contribution in [1.82, 2.24) is 9.78 Å². The summed E-state index contributed by atoms with van der Waals surface area (Å²) in [6.07, 6.45) is 4.57. The van der Waals surface area contributed by atoms with Gasteiger partial charge in [-0.1, -0.05) is 17.7 Å². The molecule has 0 N–H and O–H groups in total. The van der Waals surface area contributed by atoms with Gasteiger partial charge in [-0.3, -0.25) is 4.79 Å². The van der Waals surface area contributed by atoms with Gasteiger partial charge in [0.25, 0.3) is 5.56 Å². The standard InChI is InChI=1S/C19H12N4O2/c1-13-4-6-14(7-5-13)23-19(24)17(11-20)16(18(12-21)22-23)9-8-15-3-2-10-25-15/h2-10H,1H3/b9-8+. The Bertz CT molecular complexity index is 1080. The first-order valence-corrected chi connectivity index (χ1v) is 7.40. The zero-order chi connectivity index (χ0) is 17.8. The van der Waals surface area contributed by atoms with Crippen LogP contribution in [0.5, 0.6) is 0 Å². The fourth-order valence-electron chi connectivity index (χ4n) is 2.30. The van der Waals surface area contributed by atoms with Crippen LogP contribution in [0.3, 0.4) is 0 Å². The molecule has 25 heavy (non-hydrogen) atoms. The van der Waals surface area contributed by atoms with Crippen LogP contribution in [0.1, 0.15) is 28.1 Å². The molecule has 0 aliphatic heterocycles. The monoisotopic (exact) mass is 328 g/mol. The van der Waals surface area contributed by atoms with Crippen LogP contribution in [0, 0.1) is 29.6 Å². The number of hydrogen-bond donors (Lipinski definition) is 0. The third-order valence-electron chi connectivity index (χ3n) is 3.58. The van der Waals surface area contributed by atoms with E-state index < -0.39 is 5.56 Å². The highest BCUT2D eigenvalue weighted by Gasteiger charge is 2.16. The van der Waals surface area contributed by atoms with Crippen molar-refractivity contribution in [2.75, 3.05) is 0 Å². The van der Waals surface area contributed by atoms with Gasteiger partial charge in [-0.05, 0) is 43.3 Å². The first kappa shape index (κ1) is 16.0. The van der Waals surface area contributed by atoms with Crippen LogP contribution in [0.25, 0.3) is 17.8 Å². The van der Waals surface area contributed by atoms with E-state index in [4.69, 9.17) is 4.42 Å². The van der Waals surface area contributed by atoms with Gasteiger partial charge in [-0.2, -0.15) is 20.3 Å². The van der Waals surface area contributed by atoms with Gasteiger partial charge in [0.1, 0.15) is 23.5 Å². The van der Waals surface area contributed by atoms with Gasteiger partial charge in [0.15, 0.2) is 5.69 Å². The highest BCUT2D eigenvalue weighted by molar-refractivity contribution is 5.73. The lowest BCUT2D eigenvalue weighted by Crippen LogP contribution is -2.26. The van der Waals surface area contributed by atoms with E-state index in [1.165, 1.54) is 12.3 Å². The lowest BCUT2D eigenvalue weighted by atomic mass is 10.1. The third-order valence-corrected chi connectivity index (χ3v) is 3.58. The quantitative estimate of drug-likeness (QED) is 0.736. The summed E-state index contributed by atoms with van der Waals surface area (Å²) < 4.78 is 6.25. The molecule has 2 heterocycles. The molecule has 120 valence electrons. The first-order chi connectivity index (χ1) is 12.1. The Labute approximate surface area is 143 Å². The number of benzene rings is 1. The molecule has 3 aromatic rings. The van der Waals surface area contributed by atoms with Crippen molar-refractivity contribution in [2.45, 2.75) is 6.92 Å². The van der Waals surface area contributed by atoms with Crippen LogP contribution in [0.4, 0.5) is 0 Å². The number of furan rings is 1. The molecule has 6 nitrogen and oxygen atoms in total. The molecule has 0 aliphatic carbocycles. The van der Waals surface area contributed by atoms with Gasteiger partial charge in [-0.15, -0.1) is 0 Å². The van der Waals surface area contributed by atoms with E-state index in [2.05, 4.69) is 5.10 Å². The second-order valence-electron chi connectivity index (χ2n) is 5.26. The summed E-state index contributed by atoms with van der Waals surface area (Å²) in [5, 5.41) is 23.0. The Kier molecular flexibility index (Phi) is 4.28. The molecular weight excluding hydrogens is 316 g/mol. The summed E-state index contributed by atoms with van der Waals surface area (Å²) >= 11 is 0. The van der Waals surface area contributed by atoms with E-state index in [0.717, 1.165) is 10.2 Å². The molecule has 0 unspecified atom stereocenters. The molecule has 0 radical (unpaired) electrons. The van der Waals surface area contributed by atoms with Crippen LogP contribution >= 0.6 is 0 Å². The molecule has 0 saturated heterocycles. The SMILES string of the molecule is Cc1ccc(-n2nc(C#N)c(/C=C/c3ccco3)c(C#N)c2=O)cc1. The number of aromatic nitrogens is 2. The number of nitriles is 2. The topological polar surface area (TPSA) is 95.6 Å². The van der Waals surface area contributed by atoms with Crippen LogP contribution in [-0.4, -0.2) is 9.78 Å². The molecule has 0 spiro atoms. The summed E-state index contributed by atoms with van der Waals surface area (Å²) in [4.78, 5) is 12.6. The highest BCUT2D eigenvalue weighted by atomic mass is 16.3. The molecule has 0 saturated carbocycles. The maximum Gasteiger partial charge on any atom is 0.290 e. The normalized spacial score (nSPS) is 10.5. The van der Waals surface area contributed by atoms with E-state index >= 15 is 0 Å². The maximum atomic E-state index is 12.6. The molecule has 0 amide bonds. The molecule has 0 fully saturated rings. The van der Waals surface area contributed by atoms with Crippen molar-refractivity contribution >= 4 is 12.2 Å². The van der Waals surface area contributed by atoms with E-state index in [-0.39, 0.29) is 16.8 Å². The number of aryl methyl sites for hydroxylation is 1. The molecule has 0 bridgehead atoms. The Morgan fingerprint density at radius 3 is 2.48 bits per heavy atom. The molecule has 6 heteroatoms. The predicted octanol–water partition coefficient (Wildman–Crippen LogP) is 3.05. The molecular formula is C19H12N4O2. The zero-order valence-electron chi connectivity index (χ0n) is 13.3. The minimum Gasteiger partial charge on any atom is -0.465 e. The first-order valence-electron chi connectivity index (χ1n) is 7.40. The molecule has 1 aromatic carbocycles. The summed E-state index contributed by atoms with van der Waals surface area (Å²) in [6.45, 7) is 1.92. The Morgan fingerprint density at radius 2 is 1.88 bits per heavy atom. The Hall–Kier alpha value is -3.90. The van der Waals surface area contributed by atoms with Gasteiger partial charge in [-0.25, -0.2) is 0 Å². The number of nitrogens with zero attached hydrogens (tertiary/aromatic N) is 4. The molecule has 0 aliphatic rings. The predicted molar refractivity (Wildman–Crippen MR) is 91.6 cm³/mol. The minimum absolute atomic E-state index is 0.0143.